The van der Waals surface area contributed by atoms with Crippen molar-refractivity contribution in [2.24, 2.45) is 0 Å². The minimum Gasteiger partial charge on any atom is -0.469 e. The third-order valence-corrected chi connectivity index (χ3v) is 4.68. The van der Waals surface area contributed by atoms with Crippen LogP contribution in [0.4, 0.5) is 0 Å². The van der Waals surface area contributed by atoms with Crippen LogP contribution in [-0.4, -0.2) is 26.2 Å². The highest BCUT2D eigenvalue weighted by molar-refractivity contribution is 5.69. The molecule has 1 aromatic carbocycles. The molecule has 0 bridgehead atoms. The highest BCUT2D eigenvalue weighted by atomic mass is 16.5. The lowest BCUT2D eigenvalue weighted by atomic mass is 9.93. The van der Waals surface area contributed by atoms with Crippen LogP contribution >= 0.6 is 0 Å². The third-order valence-electron chi connectivity index (χ3n) is 4.68. The number of esters is 2. The highest BCUT2D eigenvalue weighted by Crippen LogP contribution is 2.21. The number of carbonyl (C=O) groups excluding carboxylic acids is 2. The Morgan fingerprint density at radius 3 is 1.46 bits per heavy atom. The molecule has 1 rings (SSSR count). The van der Waals surface area contributed by atoms with Crippen LogP contribution in [0.5, 0.6) is 0 Å². The van der Waals surface area contributed by atoms with Gasteiger partial charge < -0.3 is 9.47 Å². The van der Waals surface area contributed by atoms with Gasteiger partial charge in [-0.05, 0) is 61.8 Å². The minimum absolute atomic E-state index is 0.208. The van der Waals surface area contributed by atoms with E-state index in [4.69, 9.17) is 0 Å². The van der Waals surface area contributed by atoms with Gasteiger partial charge in [0.15, 0.2) is 0 Å². The maximum atomic E-state index is 11.1. The average Bonchev–Trinajstić information content (AvgIpc) is 2.72. The van der Waals surface area contributed by atoms with Crippen molar-refractivity contribution in [2.75, 3.05) is 14.2 Å². The lowest BCUT2D eigenvalue weighted by molar-refractivity contribution is -0.141. The summed E-state index contributed by atoms with van der Waals surface area (Å²) in [5, 5.41) is 18.9. The number of aryl methyl sites for hydroxylation is 2. The van der Waals surface area contributed by atoms with Crippen molar-refractivity contribution in [3.63, 3.8) is 0 Å². The lowest BCUT2D eigenvalue weighted by Gasteiger charge is -2.10. The first kappa shape index (κ1) is 23.2. The van der Waals surface area contributed by atoms with Gasteiger partial charge in [0, 0.05) is 12.8 Å². The van der Waals surface area contributed by atoms with Crippen molar-refractivity contribution in [2.45, 2.75) is 64.2 Å². The Hall–Kier alpha value is -2.86. The highest BCUT2D eigenvalue weighted by Gasteiger charge is 2.10. The van der Waals surface area contributed by atoms with E-state index >= 15 is 0 Å². The maximum absolute atomic E-state index is 11.1. The van der Waals surface area contributed by atoms with Gasteiger partial charge >= 0.3 is 11.9 Å². The molecule has 6 nitrogen and oxygen atoms in total. The molecule has 150 valence electrons. The quantitative estimate of drug-likeness (QED) is 0.399. The van der Waals surface area contributed by atoms with E-state index in [2.05, 4.69) is 21.6 Å². The topological polar surface area (TPSA) is 100 Å². The lowest BCUT2D eigenvalue weighted by Crippen LogP contribution is -2.01. The van der Waals surface area contributed by atoms with Crippen LogP contribution in [0.15, 0.2) is 12.1 Å². The normalized spacial score (nSPS) is 10.0. The fourth-order valence-electron chi connectivity index (χ4n) is 3.04. The molecule has 0 aliphatic heterocycles. The van der Waals surface area contributed by atoms with Gasteiger partial charge in [-0.1, -0.05) is 12.8 Å². The van der Waals surface area contributed by atoms with Crippen LogP contribution in [-0.2, 0) is 31.9 Å². The second kappa shape index (κ2) is 13.3. The van der Waals surface area contributed by atoms with E-state index in [-0.39, 0.29) is 11.9 Å². The Morgan fingerprint density at radius 2 is 1.14 bits per heavy atom. The average molecular weight is 384 g/mol. The van der Waals surface area contributed by atoms with Crippen molar-refractivity contribution >= 4 is 11.9 Å². The van der Waals surface area contributed by atoms with Crippen LogP contribution in [0.2, 0.25) is 0 Å². The van der Waals surface area contributed by atoms with Gasteiger partial charge in [0.25, 0.3) is 0 Å². The molecular weight excluding hydrogens is 356 g/mol. The zero-order valence-corrected chi connectivity index (χ0v) is 16.8. The Kier molecular flexibility index (Phi) is 11.0. The number of nitrogens with zero attached hydrogens (tertiary/aromatic N) is 2. The number of rotatable bonds is 12. The molecule has 0 aliphatic rings. The first-order chi connectivity index (χ1) is 13.5. The second-order valence-corrected chi connectivity index (χ2v) is 6.66. The number of unbranched alkanes of at least 4 members (excludes halogenated alkanes) is 4. The van der Waals surface area contributed by atoms with Crippen LogP contribution in [0, 0.1) is 22.7 Å². The van der Waals surface area contributed by atoms with E-state index in [1.165, 1.54) is 14.2 Å². The SMILES string of the molecule is COC(=O)CCCCCc1cc(C#N)c(CCCCCC(=O)OC)cc1C#N. The Morgan fingerprint density at radius 1 is 0.750 bits per heavy atom. The van der Waals surface area contributed by atoms with Gasteiger partial charge in [-0.15, -0.1) is 0 Å². The summed E-state index contributed by atoms with van der Waals surface area (Å²) in [6.45, 7) is 0. The number of ether oxygens (including phenoxy) is 2. The summed E-state index contributed by atoms with van der Waals surface area (Å²) in [6.07, 6.45) is 7.16. The van der Waals surface area contributed by atoms with Crippen LogP contribution < -0.4 is 0 Å². The summed E-state index contributed by atoms with van der Waals surface area (Å²) in [7, 11) is 2.76. The van der Waals surface area contributed by atoms with Crippen molar-refractivity contribution < 1.29 is 19.1 Å². The number of benzene rings is 1. The molecule has 0 saturated carbocycles. The van der Waals surface area contributed by atoms with E-state index in [9.17, 15) is 20.1 Å². The molecule has 0 aromatic heterocycles. The molecule has 0 saturated heterocycles. The summed E-state index contributed by atoms with van der Waals surface area (Å²) in [6, 6.07) is 8.11. The van der Waals surface area contributed by atoms with E-state index in [0.717, 1.165) is 49.7 Å². The number of methoxy groups -OCH3 is 2. The van der Waals surface area contributed by atoms with Gasteiger partial charge in [0.1, 0.15) is 0 Å². The third kappa shape index (κ3) is 8.22. The Bertz CT molecular complexity index is 680. The number of carbonyl (C=O) groups is 2. The maximum Gasteiger partial charge on any atom is 0.305 e. The molecule has 0 radical (unpaired) electrons. The molecule has 1 aromatic rings. The van der Waals surface area contributed by atoms with E-state index in [0.29, 0.717) is 36.8 Å². The Balaban J connectivity index is 2.60. The predicted octanol–water partition coefficient (Wildman–Crippen LogP) is 3.98. The van der Waals surface area contributed by atoms with E-state index in [1.54, 1.807) is 0 Å². The van der Waals surface area contributed by atoms with Crippen molar-refractivity contribution in [3.05, 3.63) is 34.4 Å². The largest absolute Gasteiger partial charge is 0.469 e. The second-order valence-electron chi connectivity index (χ2n) is 6.66. The number of hydrogen-bond donors (Lipinski definition) is 0. The van der Waals surface area contributed by atoms with Gasteiger partial charge in [0.05, 0.1) is 37.5 Å². The fourth-order valence-corrected chi connectivity index (χ4v) is 3.04. The van der Waals surface area contributed by atoms with Gasteiger partial charge in [-0.2, -0.15) is 10.5 Å². The molecule has 6 heteroatoms. The molecule has 0 N–H and O–H groups in total. The number of hydrogen-bond acceptors (Lipinski definition) is 6. The van der Waals surface area contributed by atoms with Gasteiger partial charge in [-0.25, -0.2) is 0 Å². The first-order valence-electron chi connectivity index (χ1n) is 9.65. The molecule has 0 heterocycles. The van der Waals surface area contributed by atoms with Crippen molar-refractivity contribution in [1.82, 2.24) is 0 Å². The summed E-state index contributed by atoms with van der Waals surface area (Å²) in [5.41, 5.74) is 2.98. The molecule has 0 aliphatic carbocycles. The molecule has 0 spiro atoms. The van der Waals surface area contributed by atoms with Crippen LogP contribution in [0.3, 0.4) is 0 Å². The first-order valence-corrected chi connectivity index (χ1v) is 9.65. The number of nitriles is 2. The summed E-state index contributed by atoms with van der Waals surface area (Å²) < 4.78 is 9.24. The molecule has 28 heavy (non-hydrogen) atoms. The van der Waals surface area contributed by atoms with Gasteiger partial charge in [-0.3, -0.25) is 9.59 Å². The van der Waals surface area contributed by atoms with E-state index < -0.39 is 0 Å². The van der Waals surface area contributed by atoms with E-state index in [1.807, 2.05) is 12.1 Å². The standard InChI is InChI=1S/C22H28N2O4/c1-27-21(25)11-7-3-5-9-17-13-20(16-24)18(14-19(17)15-23)10-6-4-8-12-22(26)28-2/h13-14H,3-12H2,1-2H3. The van der Waals surface area contributed by atoms with Crippen molar-refractivity contribution in [1.29, 1.82) is 10.5 Å². The fraction of sp³-hybridized carbons (Fsp3) is 0.545. The monoisotopic (exact) mass is 384 g/mol. The predicted molar refractivity (Wildman–Crippen MR) is 104 cm³/mol. The summed E-state index contributed by atoms with van der Waals surface area (Å²) in [5.74, 6) is -0.416. The molecular formula is C22H28N2O4. The molecule has 0 atom stereocenters. The van der Waals surface area contributed by atoms with Crippen molar-refractivity contribution in [3.8, 4) is 12.1 Å². The molecule has 0 unspecified atom stereocenters. The van der Waals surface area contributed by atoms with Crippen LogP contribution in [0.25, 0.3) is 0 Å². The van der Waals surface area contributed by atoms with Gasteiger partial charge in [0.2, 0.25) is 0 Å². The molecule has 0 fully saturated rings. The minimum atomic E-state index is -0.208. The zero-order chi connectivity index (χ0) is 20.8. The summed E-state index contributed by atoms with van der Waals surface area (Å²) >= 11 is 0. The smallest absolute Gasteiger partial charge is 0.305 e. The zero-order valence-electron chi connectivity index (χ0n) is 16.8. The van der Waals surface area contributed by atoms with Crippen LogP contribution in [0.1, 0.15) is 73.6 Å². The summed E-state index contributed by atoms with van der Waals surface area (Å²) in [4.78, 5) is 22.2. The Labute approximate surface area is 167 Å². The molecule has 0 amide bonds.